The summed E-state index contributed by atoms with van der Waals surface area (Å²) in [6, 6.07) is 7.89. The summed E-state index contributed by atoms with van der Waals surface area (Å²) in [5, 5.41) is 2.71. The van der Waals surface area contributed by atoms with Gasteiger partial charge in [0.05, 0.1) is 19.8 Å². The van der Waals surface area contributed by atoms with E-state index in [-0.39, 0.29) is 29.2 Å². The first kappa shape index (κ1) is 27.7. The molecule has 0 spiro atoms. The molecule has 0 radical (unpaired) electrons. The molecule has 2 aromatic carbocycles. The van der Waals surface area contributed by atoms with Gasteiger partial charge in [0.25, 0.3) is 11.8 Å². The highest BCUT2D eigenvalue weighted by Crippen LogP contribution is 2.39. The van der Waals surface area contributed by atoms with Gasteiger partial charge in [-0.1, -0.05) is 35.9 Å². The summed E-state index contributed by atoms with van der Waals surface area (Å²) in [5.41, 5.74) is 0.209. The van der Waals surface area contributed by atoms with Crippen LogP contribution in [0, 0.1) is 5.82 Å². The zero-order valence-corrected chi connectivity index (χ0v) is 21.5. The zero-order valence-electron chi connectivity index (χ0n) is 20.7. The Kier molecular flexibility index (Phi) is 8.17. The van der Waals surface area contributed by atoms with Crippen LogP contribution in [0.5, 0.6) is 0 Å². The normalized spacial score (nSPS) is 21.4. The first-order valence-corrected chi connectivity index (χ1v) is 12.3. The van der Waals surface area contributed by atoms with E-state index in [0.29, 0.717) is 0 Å². The number of hydrogen-bond acceptors (Lipinski definition) is 5. The summed E-state index contributed by atoms with van der Waals surface area (Å²) < 4.78 is 51.6. The largest absolute Gasteiger partial charge is 0.453 e. The number of likely N-dealkylation sites (tertiary alicyclic amines) is 1. The maximum atomic E-state index is 14.4. The van der Waals surface area contributed by atoms with Crippen LogP contribution in [0.25, 0.3) is 0 Å². The van der Waals surface area contributed by atoms with E-state index in [9.17, 15) is 27.6 Å². The fourth-order valence-corrected chi connectivity index (χ4v) is 5.09. The number of nitrogens with zero attached hydrogens (tertiary/aromatic N) is 2. The van der Waals surface area contributed by atoms with E-state index >= 15 is 0 Å². The van der Waals surface area contributed by atoms with Crippen LogP contribution in [0.3, 0.4) is 0 Å². The Labute approximate surface area is 222 Å². The molecule has 2 aromatic rings. The van der Waals surface area contributed by atoms with Crippen molar-refractivity contribution in [1.82, 2.24) is 10.2 Å². The third-order valence-electron chi connectivity index (χ3n) is 6.76. The number of ether oxygens (including phenoxy) is 2. The van der Waals surface area contributed by atoms with Gasteiger partial charge < -0.3 is 14.8 Å². The van der Waals surface area contributed by atoms with E-state index in [1.165, 1.54) is 49.5 Å². The molecule has 2 aliphatic rings. The lowest BCUT2D eigenvalue weighted by Gasteiger charge is -2.39. The predicted molar refractivity (Wildman–Crippen MR) is 133 cm³/mol. The SMILES string of the molecule is COC(=O)N1CC(OC)CC1C(=O)N(c1cccc(F)c1)C(C(=O)NC1CC(F)(F)C1)c1ccccc1Cl. The van der Waals surface area contributed by atoms with Crippen LogP contribution in [0.1, 0.15) is 30.9 Å². The van der Waals surface area contributed by atoms with Crippen LogP contribution < -0.4 is 10.2 Å². The quantitative estimate of drug-likeness (QED) is 0.552. The van der Waals surface area contributed by atoms with Gasteiger partial charge in [-0.25, -0.2) is 18.0 Å². The number of methoxy groups -OCH3 is 2. The van der Waals surface area contributed by atoms with Crippen molar-refractivity contribution in [2.75, 3.05) is 25.7 Å². The van der Waals surface area contributed by atoms with E-state index in [2.05, 4.69) is 5.32 Å². The second-order valence-electron chi connectivity index (χ2n) is 9.31. The summed E-state index contributed by atoms with van der Waals surface area (Å²) in [5.74, 6) is -5.07. The second kappa shape index (κ2) is 11.2. The maximum absolute atomic E-state index is 14.4. The fraction of sp³-hybridized carbons (Fsp3) is 0.423. The summed E-state index contributed by atoms with van der Waals surface area (Å²) in [4.78, 5) is 42.7. The van der Waals surface area contributed by atoms with Crippen LogP contribution in [-0.2, 0) is 19.1 Å². The highest BCUT2D eigenvalue weighted by atomic mass is 35.5. The van der Waals surface area contributed by atoms with Gasteiger partial charge >= 0.3 is 6.09 Å². The minimum Gasteiger partial charge on any atom is -0.453 e. The molecule has 12 heteroatoms. The number of carbonyl (C=O) groups is 3. The molecule has 1 saturated heterocycles. The molecule has 1 N–H and O–H groups in total. The molecule has 4 rings (SSSR count). The third kappa shape index (κ3) is 5.73. The molecule has 3 amide bonds. The number of rotatable bonds is 7. The minimum atomic E-state index is -2.89. The van der Waals surface area contributed by atoms with Crippen LogP contribution in [0.4, 0.5) is 23.7 Å². The maximum Gasteiger partial charge on any atom is 0.410 e. The van der Waals surface area contributed by atoms with Gasteiger partial charge in [0.2, 0.25) is 5.91 Å². The number of amides is 3. The van der Waals surface area contributed by atoms with Crippen molar-refractivity contribution >= 4 is 35.2 Å². The van der Waals surface area contributed by atoms with E-state index in [1.807, 2.05) is 0 Å². The first-order valence-electron chi connectivity index (χ1n) is 11.9. The Bertz CT molecular complexity index is 1210. The Hall–Kier alpha value is -3.31. The highest BCUT2D eigenvalue weighted by Gasteiger charge is 2.49. The number of halogens is 4. The van der Waals surface area contributed by atoms with Crippen molar-refractivity contribution < 1.29 is 37.0 Å². The van der Waals surface area contributed by atoms with Gasteiger partial charge in [-0.2, -0.15) is 0 Å². The molecular weight excluding hydrogens is 527 g/mol. The molecule has 1 heterocycles. The molecule has 38 heavy (non-hydrogen) atoms. The minimum absolute atomic E-state index is 0.0136. The molecule has 0 aromatic heterocycles. The topological polar surface area (TPSA) is 88.2 Å². The van der Waals surface area contributed by atoms with Gasteiger partial charge in [0, 0.05) is 48.7 Å². The van der Waals surface area contributed by atoms with Crippen LogP contribution in [0.15, 0.2) is 48.5 Å². The standard InChI is InChI=1S/C26H27ClF3N3O5/c1-37-18-11-21(32(14-18)25(36)38-2)24(35)33(17-7-5-6-15(28)10-17)22(19-8-3-4-9-20(19)27)23(34)31-16-12-26(29,30)13-16/h3-10,16,18,21-22H,11-14H2,1-2H3,(H,31,34). The Morgan fingerprint density at radius 2 is 1.84 bits per heavy atom. The van der Waals surface area contributed by atoms with Crippen molar-refractivity contribution in [1.29, 1.82) is 0 Å². The van der Waals surface area contributed by atoms with Gasteiger partial charge in [-0.15, -0.1) is 0 Å². The van der Waals surface area contributed by atoms with Gasteiger partial charge in [0.1, 0.15) is 17.9 Å². The van der Waals surface area contributed by atoms with Crippen molar-refractivity contribution in [3.05, 3.63) is 64.9 Å². The lowest BCUT2D eigenvalue weighted by atomic mass is 9.87. The van der Waals surface area contributed by atoms with Crippen LogP contribution >= 0.6 is 11.6 Å². The molecule has 0 bridgehead atoms. The molecule has 1 aliphatic carbocycles. The average molecular weight is 554 g/mol. The number of alkyl halides is 2. The van der Waals surface area contributed by atoms with Crippen molar-refractivity contribution in [2.45, 2.75) is 49.4 Å². The van der Waals surface area contributed by atoms with Crippen LogP contribution in [-0.4, -0.2) is 67.7 Å². The van der Waals surface area contributed by atoms with Gasteiger partial charge in [0.15, 0.2) is 0 Å². The Morgan fingerprint density at radius 1 is 1.13 bits per heavy atom. The molecule has 3 atom stereocenters. The fourth-order valence-electron chi connectivity index (χ4n) is 4.85. The summed E-state index contributed by atoms with van der Waals surface area (Å²) in [7, 11) is 2.61. The van der Waals surface area contributed by atoms with Gasteiger partial charge in [-0.05, 0) is 24.3 Å². The molecule has 1 saturated carbocycles. The van der Waals surface area contributed by atoms with Crippen LogP contribution in [0.2, 0.25) is 5.02 Å². The number of nitrogens with one attached hydrogen (secondary N) is 1. The van der Waals surface area contributed by atoms with Crippen molar-refractivity contribution in [3.63, 3.8) is 0 Å². The van der Waals surface area contributed by atoms with Crippen molar-refractivity contribution in [3.8, 4) is 0 Å². The lowest BCUT2D eigenvalue weighted by Crippen LogP contribution is -2.56. The summed E-state index contributed by atoms with van der Waals surface area (Å²) in [6.45, 7) is 0.0523. The summed E-state index contributed by atoms with van der Waals surface area (Å²) >= 11 is 6.45. The number of carbonyl (C=O) groups excluding carboxylic acids is 3. The summed E-state index contributed by atoms with van der Waals surface area (Å²) in [6.07, 6.45) is -2.28. The highest BCUT2D eigenvalue weighted by molar-refractivity contribution is 6.31. The predicted octanol–water partition coefficient (Wildman–Crippen LogP) is 4.32. The van der Waals surface area contributed by atoms with E-state index in [0.717, 1.165) is 11.0 Å². The number of hydrogen-bond donors (Lipinski definition) is 1. The Balaban J connectivity index is 1.80. The molecule has 2 fully saturated rings. The van der Waals surface area contributed by atoms with E-state index < -0.39 is 66.7 Å². The molecular formula is C26H27ClF3N3O5. The smallest absolute Gasteiger partial charge is 0.410 e. The average Bonchev–Trinajstić information content (AvgIpc) is 3.30. The van der Waals surface area contributed by atoms with Gasteiger partial charge in [-0.3, -0.25) is 19.4 Å². The lowest BCUT2D eigenvalue weighted by molar-refractivity contribution is -0.133. The monoisotopic (exact) mass is 553 g/mol. The first-order chi connectivity index (χ1) is 18.0. The van der Waals surface area contributed by atoms with Crippen molar-refractivity contribution in [2.24, 2.45) is 0 Å². The number of benzene rings is 2. The van der Waals surface area contributed by atoms with E-state index in [4.69, 9.17) is 21.1 Å². The molecule has 3 unspecified atom stereocenters. The number of anilines is 1. The molecule has 1 aliphatic heterocycles. The second-order valence-corrected chi connectivity index (χ2v) is 9.72. The molecule has 204 valence electrons. The Morgan fingerprint density at radius 3 is 2.45 bits per heavy atom. The van der Waals surface area contributed by atoms with E-state index in [1.54, 1.807) is 12.1 Å². The molecule has 8 nitrogen and oxygen atoms in total. The third-order valence-corrected chi connectivity index (χ3v) is 7.10. The zero-order chi connectivity index (χ0) is 27.6.